The van der Waals surface area contributed by atoms with E-state index in [2.05, 4.69) is 10.3 Å². The number of carbonyl (C=O) groups is 3. The van der Waals surface area contributed by atoms with Crippen LogP contribution >= 0.6 is 0 Å². The highest BCUT2D eigenvalue weighted by Gasteiger charge is 2.27. The van der Waals surface area contributed by atoms with Crippen LogP contribution in [0.3, 0.4) is 0 Å². The Morgan fingerprint density at radius 3 is 2.17 bits per heavy atom. The number of benzene rings is 1. The summed E-state index contributed by atoms with van der Waals surface area (Å²) < 4.78 is 31.2. The van der Waals surface area contributed by atoms with Crippen molar-refractivity contribution in [2.45, 2.75) is 140 Å². The Bertz CT molecular complexity index is 1440. The number of aliphatic hydroxyl groups excluding tert-OH is 1. The molecule has 1 amide bonds. The second-order valence-electron chi connectivity index (χ2n) is 14.2. The van der Waals surface area contributed by atoms with Gasteiger partial charge >= 0.3 is 12.1 Å². The van der Waals surface area contributed by atoms with Crippen LogP contribution in [0.15, 0.2) is 41.7 Å². The summed E-state index contributed by atoms with van der Waals surface area (Å²) in [6.07, 6.45) is 13.3. The van der Waals surface area contributed by atoms with Crippen LogP contribution in [0.5, 0.6) is 0 Å². The number of aliphatic carboxylic acids is 1. The number of rotatable bonds is 12. The number of aryl methyl sites for hydroxylation is 1. The predicted molar refractivity (Wildman–Crippen MR) is 182 cm³/mol. The Hall–Kier alpha value is -3.29. The molecule has 268 valence electrons. The molecule has 0 saturated heterocycles. The molecule has 1 heterocycles. The van der Waals surface area contributed by atoms with Crippen molar-refractivity contribution < 1.29 is 37.8 Å². The number of hydrogen-bond acceptors (Lipinski definition) is 8. The van der Waals surface area contributed by atoms with Crippen LogP contribution in [0, 0.1) is 18.8 Å². The van der Waals surface area contributed by atoms with E-state index in [1.54, 1.807) is 32.9 Å². The molecule has 0 spiro atoms. The molecule has 2 saturated carbocycles. The molecule has 0 bridgehead atoms. The Morgan fingerprint density at radius 2 is 1.60 bits per heavy atom. The smallest absolute Gasteiger partial charge is 0.408 e. The minimum atomic E-state index is -3.84. The topological polar surface area (TPSA) is 189 Å². The van der Waals surface area contributed by atoms with Gasteiger partial charge in [0.1, 0.15) is 23.8 Å². The minimum Gasteiger partial charge on any atom is -0.673 e. The first-order chi connectivity index (χ1) is 22.5. The molecule has 12 nitrogen and oxygen atoms in total. The highest BCUT2D eigenvalue weighted by molar-refractivity contribution is 7.90. The molecule has 1 aromatic carbocycles. The lowest BCUT2D eigenvalue weighted by Gasteiger charge is -2.33. The number of aromatic nitrogens is 2. The zero-order chi connectivity index (χ0) is 35.5. The summed E-state index contributed by atoms with van der Waals surface area (Å²) >= 11 is 0. The number of ether oxygens (including phenoxy) is 1. The Kier molecular flexibility index (Phi) is 14.6. The quantitative estimate of drug-likeness (QED) is 0.232. The van der Waals surface area contributed by atoms with Gasteiger partial charge in [0.2, 0.25) is 0 Å². The molecule has 3 atom stereocenters. The number of carboxylic acids is 1. The van der Waals surface area contributed by atoms with Gasteiger partial charge in [0.15, 0.2) is 0 Å². The molecule has 0 radical (unpaired) electrons. The highest BCUT2D eigenvalue weighted by atomic mass is 32.2. The van der Waals surface area contributed by atoms with Gasteiger partial charge in [0.25, 0.3) is 10.0 Å². The third-order valence-electron chi connectivity index (χ3n) is 8.86. The van der Waals surface area contributed by atoms with E-state index in [-0.39, 0.29) is 35.1 Å². The molecular formula is C35H53N4O8S-. The second kappa shape index (κ2) is 17.9. The van der Waals surface area contributed by atoms with E-state index in [4.69, 9.17) is 10.5 Å². The third kappa shape index (κ3) is 12.6. The van der Waals surface area contributed by atoms with Crippen molar-refractivity contribution in [1.29, 1.82) is 0 Å². The fraction of sp³-hybridized carbons (Fsp3) is 0.657. The maximum Gasteiger partial charge on any atom is 0.408 e. The van der Waals surface area contributed by atoms with Crippen LogP contribution < -0.4 is 5.32 Å². The number of carboxylic acid groups (broad SMARTS) is 1. The van der Waals surface area contributed by atoms with Gasteiger partial charge in [-0.2, -0.15) is 0 Å². The molecule has 2 aliphatic rings. The van der Waals surface area contributed by atoms with Crippen LogP contribution in [-0.4, -0.2) is 69.2 Å². The summed E-state index contributed by atoms with van der Waals surface area (Å²) in [7, 11) is -3.84. The number of aliphatic hydroxyl groups is 1. The number of amides is 1. The first-order valence-electron chi connectivity index (χ1n) is 17.0. The lowest BCUT2D eigenvalue weighted by Crippen LogP contribution is -2.44. The van der Waals surface area contributed by atoms with Gasteiger partial charge in [-0.3, -0.25) is 4.79 Å². The van der Waals surface area contributed by atoms with Gasteiger partial charge in [-0.1, -0.05) is 75.5 Å². The van der Waals surface area contributed by atoms with Gasteiger partial charge in [0, 0.05) is 31.1 Å². The van der Waals surface area contributed by atoms with Gasteiger partial charge < -0.3 is 26.0 Å². The van der Waals surface area contributed by atoms with Gasteiger partial charge in [-0.25, -0.2) is 27.0 Å². The number of nitrogens with one attached hydrogen (secondary N) is 2. The van der Waals surface area contributed by atoms with Crippen molar-refractivity contribution in [3.05, 3.63) is 53.8 Å². The summed E-state index contributed by atoms with van der Waals surface area (Å²) in [5, 5.41) is 21.7. The summed E-state index contributed by atoms with van der Waals surface area (Å²) in [6, 6.07) is 4.53. The normalized spacial score (nSPS) is 18.1. The van der Waals surface area contributed by atoms with Crippen LogP contribution in [0.4, 0.5) is 4.79 Å². The number of nitrogens with zero attached hydrogens (tertiary/aromatic N) is 2. The van der Waals surface area contributed by atoms with E-state index in [9.17, 15) is 33.0 Å². The maximum atomic E-state index is 12.6. The lowest BCUT2D eigenvalue weighted by atomic mass is 9.81. The maximum absolute atomic E-state index is 12.6. The first-order valence-corrected chi connectivity index (χ1v) is 18.5. The first kappa shape index (κ1) is 39.2. The van der Waals surface area contributed by atoms with Crippen LogP contribution in [0.25, 0.3) is 5.73 Å². The van der Waals surface area contributed by atoms with Crippen molar-refractivity contribution in [2.24, 2.45) is 11.8 Å². The van der Waals surface area contributed by atoms with Gasteiger partial charge in [-0.15, -0.1) is 6.04 Å². The minimum absolute atomic E-state index is 0.0868. The molecule has 48 heavy (non-hydrogen) atoms. The summed E-state index contributed by atoms with van der Waals surface area (Å²) in [4.78, 5) is 39.5. The number of hydrogen-bond donors (Lipinski definition) is 3. The number of imidazole rings is 1. The number of ketones is 1. The number of carbonyl (C=O) groups excluding carboxylic acids is 2. The van der Waals surface area contributed by atoms with Gasteiger partial charge in [0.05, 0.1) is 10.6 Å². The molecule has 2 aromatic rings. The van der Waals surface area contributed by atoms with E-state index in [0.29, 0.717) is 5.92 Å². The van der Waals surface area contributed by atoms with Gasteiger partial charge in [-0.05, 0) is 58.6 Å². The highest BCUT2D eigenvalue weighted by Crippen LogP contribution is 2.30. The summed E-state index contributed by atoms with van der Waals surface area (Å²) in [5.74, 6) is -0.314. The van der Waals surface area contributed by atoms with Crippen molar-refractivity contribution in [1.82, 2.24) is 14.3 Å². The monoisotopic (exact) mass is 689 g/mol. The van der Waals surface area contributed by atoms with E-state index in [0.717, 1.165) is 48.0 Å². The van der Waals surface area contributed by atoms with Crippen LogP contribution in [0.2, 0.25) is 0 Å². The predicted octanol–water partition coefficient (Wildman–Crippen LogP) is 6.23. The summed E-state index contributed by atoms with van der Waals surface area (Å²) in [5.41, 5.74) is 8.45. The van der Waals surface area contributed by atoms with E-state index in [1.165, 1.54) is 56.9 Å². The largest absolute Gasteiger partial charge is 0.673 e. The average Bonchev–Trinajstić information content (AvgIpc) is 3.51. The molecule has 1 aromatic heterocycles. The summed E-state index contributed by atoms with van der Waals surface area (Å²) in [6.45, 7) is 6.80. The number of Topliss-reactive ketones (excluding diaryl/α,β-unsaturated/α-hetero) is 1. The average molecular weight is 690 g/mol. The Morgan fingerprint density at radius 1 is 1.02 bits per heavy atom. The van der Waals surface area contributed by atoms with Crippen LogP contribution in [0.1, 0.15) is 109 Å². The Balaban J connectivity index is 0.000000275. The van der Waals surface area contributed by atoms with Crippen molar-refractivity contribution >= 4 is 27.9 Å². The molecule has 0 aliphatic heterocycles. The molecule has 2 fully saturated rings. The molecule has 13 heteroatoms. The second-order valence-corrected chi connectivity index (χ2v) is 16.0. The molecule has 4 rings (SSSR count). The van der Waals surface area contributed by atoms with E-state index < -0.39 is 45.9 Å². The SMILES string of the molecule is Cc1ccc(S(=O)(=O)n2cnc(C[C@H](NC(=O)OC(C)(C)C)C(=O)O)c2)cc1.[NH-][C@@H](CC1CCCCC1)[C@@H](O)CC(=O)C1CCCCC1. The van der Waals surface area contributed by atoms with Crippen molar-refractivity contribution in [2.75, 3.05) is 0 Å². The fourth-order valence-electron chi connectivity index (χ4n) is 6.15. The molecule has 4 N–H and O–H groups in total. The van der Waals surface area contributed by atoms with Crippen molar-refractivity contribution in [3.8, 4) is 0 Å². The molecule has 2 aliphatic carbocycles. The Labute approximate surface area is 284 Å². The number of alkyl carbamates (subject to hydrolysis) is 1. The lowest BCUT2D eigenvalue weighted by molar-refractivity contribution is -0.139. The van der Waals surface area contributed by atoms with Crippen LogP contribution in [-0.2, 0) is 30.8 Å². The van der Waals surface area contributed by atoms with E-state index >= 15 is 0 Å². The molecular weight excluding hydrogens is 636 g/mol. The van der Waals surface area contributed by atoms with Crippen molar-refractivity contribution in [3.63, 3.8) is 0 Å². The fourth-order valence-corrected chi connectivity index (χ4v) is 7.31. The zero-order valence-electron chi connectivity index (χ0n) is 28.7. The van der Waals surface area contributed by atoms with E-state index in [1.807, 2.05) is 6.92 Å². The third-order valence-corrected chi connectivity index (χ3v) is 10.5. The standard InChI is InChI=1S/C18H23N3O6S.C17H30NO2/c1-12-5-7-14(8-6-12)28(25,26)21-10-13(19-11-21)9-15(16(22)23)20-17(24)27-18(2,3)4;18-15(11-13-7-3-1-4-8-13)17(20)12-16(19)14-9-5-2-6-10-14/h5-8,10-11,15H,9H2,1-4H3,(H,20,24)(H,22,23);13-15,17-18,20H,1-12H2/q;-1/t15-;15-,17-/m00/s1. The molecule has 0 unspecified atom stereocenters. The zero-order valence-corrected chi connectivity index (χ0v) is 29.5.